The van der Waals surface area contributed by atoms with E-state index in [0.29, 0.717) is 22.6 Å². The standard InChI is InChI=1S/C23H21N3O8S/c1-32-17-10-9-15(11-18(17)33-2)23(29)25-24-20(27)13-34-21(28)12-26-16-7-3-5-14-6-4-8-19(22(14)16)35(26,30)31/h3-11H,12-13H2,1-2H3,(H,24,27)(H,25,29). The molecule has 12 heteroatoms. The first-order valence-electron chi connectivity index (χ1n) is 10.3. The summed E-state index contributed by atoms with van der Waals surface area (Å²) in [5.74, 6) is -1.63. The molecule has 11 nitrogen and oxygen atoms in total. The van der Waals surface area contributed by atoms with E-state index in [-0.39, 0.29) is 10.5 Å². The molecule has 0 unspecified atom stereocenters. The number of hydrogen-bond acceptors (Lipinski definition) is 8. The van der Waals surface area contributed by atoms with Crippen molar-refractivity contribution < 1.29 is 37.0 Å². The smallest absolute Gasteiger partial charge is 0.327 e. The molecule has 2 amide bonds. The van der Waals surface area contributed by atoms with E-state index in [9.17, 15) is 22.8 Å². The van der Waals surface area contributed by atoms with E-state index < -0.39 is 41.0 Å². The van der Waals surface area contributed by atoms with Crippen LogP contribution >= 0.6 is 0 Å². The van der Waals surface area contributed by atoms with E-state index >= 15 is 0 Å². The number of hydrazine groups is 1. The Hall–Kier alpha value is -4.32. The summed E-state index contributed by atoms with van der Waals surface area (Å²) in [5, 5.41) is 1.25. The van der Waals surface area contributed by atoms with Crippen molar-refractivity contribution in [1.29, 1.82) is 0 Å². The Balaban J connectivity index is 1.32. The second-order valence-corrected chi connectivity index (χ2v) is 9.21. The van der Waals surface area contributed by atoms with Crippen LogP contribution in [0.2, 0.25) is 0 Å². The molecule has 0 saturated carbocycles. The van der Waals surface area contributed by atoms with Crippen LogP contribution in [0.25, 0.3) is 10.8 Å². The molecule has 35 heavy (non-hydrogen) atoms. The van der Waals surface area contributed by atoms with Crippen molar-refractivity contribution in [3.05, 3.63) is 60.2 Å². The Labute approximate surface area is 200 Å². The molecule has 182 valence electrons. The Morgan fingerprint density at radius 3 is 2.34 bits per heavy atom. The molecule has 2 N–H and O–H groups in total. The van der Waals surface area contributed by atoms with Crippen molar-refractivity contribution in [2.24, 2.45) is 0 Å². The molecule has 1 heterocycles. The number of hydrogen-bond donors (Lipinski definition) is 2. The highest BCUT2D eigenvalue weighted by Gasteiger charge is 2.37. The summed E-state index contributed by atoms with van der Waals surface area (Å²) >= 11 is 0. The Morgan fingerprint density at radius 1 is 0.914 bits per heavy atom. The van der Waals surface area contributed by atoms with Crippen molar-refractivity contribution >= 4 is 44.3 Å². The summed E-state index contributed by atoms with van der Waals surface area (Å²) in [6.45, 7) is -1.34. The van der Waals surface area contributed by atoms with Crippen molar-refractivity contribution in [2.75, 3.05) is 31.7 Å². The molecule has 0 aliphatic carbocycles. The Kier molecular flexibility index (Phi) is 6.47. The summed E-state index contributed by atoms with van der Waals surface area (Å²) in [7, 11) is -1.06. The van der Waals surface area contributed by atoms with Crippen molar-refractivity contribution in [2.45, 2.75) is 4.90 Å². The number of sulfonamides is 1. The van der Waals surface area contributed by atoms with Crippen molar-refractivity contribution in [3.63, 3.8) is 0 Å². The molecular formula is C23H21N3O8S. The molecule has 1 aliphatic rings. The van der Waals surface area contributed by atoms with Gasteiger partial charge >= 0.3 is 5.97 Å². The predicted octanol–water partition coefficient (Wildman–Crippen LogP) is 1.37. The molecule has 0 radical (unpaired) electrons. The molecule has 0 spiro atoms. The number of rotatable bonds is 7. The Morgan fingerprint density at radius 2 is 1.63 bits per heavy atom. The fourth-order valence-electron chi connectivity index (χ4n) is 3.65. The summed E-state index contributed by atoms with van der Waals surface area (Å²) in [5.41, 5.74) is 4.86. The van der Waals surface area contributed by atoms with E-state index in [1.165, 1.54) is 38.5 Å². The third kappa shape index (κ3) is 4.55. The molecule has 3 aromatic carbocycles. The first-order chi connectivity index (χ1) is 16.8. The van der Waals surface area contributed by atoms with E-state index in [1.54, 1.807) is 30.3 Å². The minimum atomic E-state index is -3.94. The summed E-state index contributed by atoms with van der Waals surface area (Å²) in [6.07, 6.45) is 0. The van der Waals surface area contributed by atoms with Gasteiger partial charge in [0, 0.05) is 10.9 Å². The van der Waals surface area contributed by atoms with Gasteiger partial charge < -0.3 is 14.2 Å². The number of nitrogens with one attached hydrogen (secondary N) is 2. The van der Waals surface area contributed by atoms with Gasteiger partial charge in [-0.3, -0.25) is 29.5 Å². The second kappa shape index (κ2) is 9.50. The molecule has 0 fully saturated rings. The zero-order chi connectivity index (χ0) is 25.2. The number of benzene rings is 3. The lowest BCUT2D eigenvalue weighted by atomic mass is 10.1. The molecule has 0 aromatic heterocycles. The molecule has 0 atom stereocenters. The summed E-state index contributed by atoms with van der Waals surface area (Å²) in [6, 6.07) is 14.4. The van der Waals surface area contributed by atoms with E-state index in [4.69, 9.17) is 14.2 Å². The van der Waals surface area contributed by atoms with E-state index in [0.717, 1.165) is 9.69 Å². The zero-order valence-electron chi connectivity index (χ0n) is 18.7. The van der Waals surface area contributed by atoms with Gasteiger partial charge in [-0.2, -0.15) is 0 Å². The number of carbonyl (C=O) groups excluding carboxylic acids is 3. The third-order valence-corrected chi connectivity index (χ3v) is 7.08. The number of carbonyl (C=O) groups is 3. The fourth-order valence-corrected chi connectivity index (χ4v) is 5.30. The number of ether oxygens (including phenoxy) is 3. The van der Waals surface area contributed by atoms with Crippen LogP contribution in [-0.4, -0.2) is 53.6 Å². The highest BCUT2D eigenvalue weighted by molar-refractivity contribution is 7.93. The minimum absolute atomic E-state index is 0.106. The van der Waals surface area contributed by atoms with Gasteiger partial charge in [-0.05, 0) is 35.7 Å². The van der Waals surface area contributed by atoms with Gasteiger partial charge in [-0.25, -0.2) is 8.42 Å². The normalized spacial score (nSPS) is 13.3. The topological polar surface area (TPSA) is 140 Å². The molecule has 4 rings (SSSR count). The van der Waals surface area contributed by atoms with E-state index in [1.807, 2.05) is 0 Å². The van der Waals surface area contributed by atoms with Gasteiger partial charge in [0.2, 0.25) is 0 Å². The van der Waals surface area contributed by atoms with Crippen LogP contribution in [0.5, 0.6) is 11.5 Å². The van der Waals surface area contributed by atoms with Crippen molar-refractivity contribution in [1.82, 2.24) is 10.9 Å². The lowest BCUT2D eigenvalue weighted by Gasteiger charge is -2.17. The molecular weight excluding hydrogens is 478 g/mol. The van der Waals surface area contributed by atoms with Gasteiger partial charge in [0.1, 0.15) is 6.54 Å². The van der Waals surface area contributed by atoms with Crippen molar-refractivity contribution in [3.8, 4) is 11.5 Å². The van der Waals surface area contributed by atoms with Crippen LogP contribution in [0.15, 0.2) is 59.5 Å². The largest absolute Gasteiger partial charge is 0.493 e. The lowest BCUT2D eigenvalue weighted by molar-refractivity contribution is -0.147. The van der Waals surface area contributed by atoms with Gasteiger partial charge in [0.05, 0.1) is 24.8 Å². The summed E-state index contributed by atoms with van der Waals surface area (Å²) < 4.78 is 41.9. The number of methoxy groups -OCH3 is 2. The maximum Gasteiger partial charge on any atom is 0.327 e. The number of nitrogens with zero attached hydrogens (tertiary/aromatic N) is 1. The van der Waals surface area contributed by atoms with Gasteiger partial charge in [0.15, 0.2) is 18.1 Å². The lowest BCUT2D eigenvalue weighted by Crippen LogP contribution is -2.44. The van der Waals surface area contributed by atoms with Crippen LogP contribution in [0, 0.1) is 0 Å². The third-order valence-electron chi connectivity index (χ3n) is 5.28. The monoisotopic (exact) mass is 499 g/mol. The van der Waals surface area contributed by atoms with Gasteiger partial charge in [-0.1, -0.05) is 24.3 Å². The highest BCUT2D eigenvalue weighted by Crippen LogP contribution is 2.41. The first-order valence-corrected chi connectivity index (χ1v) is 11.7. The first kappa shape index (κ1) is 23.8. The summed E-state index contributed by atoms with van der Waals surface area (Å²) in [4.78, 5) is 36.7. The molecule has 0 bridgehead atoms. The fraction of sp³-hybridized carbons (Fsp3) is 0.174. The molecule has 1 aliphatic heterocycles. The molecule has 0 saturated heterocycles. The predicted molar refractivity (Wildman–Crippen MR) is 125 cm³/mol. The average Bonchev–Trinajstić information content (AvgIpc) is 3.08. The number of anilines is 1. The van der Waals surface area contributed by atoms with E-state index in [2.05, 4.69) is 10.9 Å². The second-order valence-electron chi connectivity index (χ2n) is 7.38. The number of amides is 2. The van der Waals surface area contributed by atoms with Crippen LogP contribution < -0.4 is 24.6 Å². The van der Waals surface area contributed by atoms with Crippen LogP contribution in [-0.2, 0) is 24.3 Å². The van der Waals surface area contributed by atoms with Gasteiger partial charge in [0.25, 0.3) is 21.8 Å². The van der Waals surface area contributed by atoms with Crippen LogP contribution in [0.1, 0.15) is 10.4 Å². The quantitative estimate of drug-likeness (QED) is 0.367. The maximum atomic E-state index is 12.9. The minimum Gasteiger partial charge on any atom is -0.493 e. The highest BCUT2D eigenvalue weighted by atomic mass is 32.2. The zero-order valence-corrected chi connectivity index (χ0v) is 19.5. The van der Waals surface area contributed by atoms with Gasteiger partial charge in [-0.15, -0.1) is 0 Å². The average molecular weight is 500 g/mol. The SMILES string of the molecule is COc1ccc(C(=O)NNC(=O)COC(=O)CN2c3cccc4cccc(c34)S2(=O)=O)cc1OC. The molecule has 3 aromatic rings. The van der Waals surface area contributed by atoms with Crippen LogP contribution in [0.4, 0.5) is 5.69 Å². The maximum absolute atomic E-state index is 12.9. The number of esters is 1. The van der Waals surface area contributed by atoms with Crippen LogP contribution in [0.3, 0.4) is 0 Å². The Bertz CT molecular complexity index is 1430.